The maximum Gasteiger partial charge on any atom is 0.294 e. The van der Waals surface area contributed by atoms with Crippen molar-refractivity contribution in [2.45, 2.75) is 13.8 Å². The minimum atomic E-state index is -0.552. The highest BCUT2D eigenvalue weighted by Crippen LogP contribution is 2.29. The van der Waals surface area contributed by atoms with Crippen LogP contribution in [0.4, 0.5) is 5.82 Å². The monoisotopic (exact) mass is 438 g/mol. The lowest BCUT2D eigenvalue weighted by Gasteiger charge is -2.08. The molecule has 0 aliphatic rings. The van der Waals surface area contributed by atoms with E-state index in [0.717, 1.165) is 10.4 Å². The minimum Gasteiger partial charge on any atom is -0.494 e. The second-order valence-electron chi connectivity index (χ2n) is 6.30. The number of nitrogen functional groups attached to an aromatic ring is 1. The van der Waals surface area contributed by atoms with Crippen molar-refractivity contribution in [3.63, 3.8) is 0 Å². The van der Waals surface area contributed by atoms with Gasteiger partial charge in [0.25, 0.3) is 5.91 Å². The first-order valence-electron chi connectivity index (χ1n) is 9.23. The van der Waals surface area contributed by atoms with Crippen LogP contribution < -0.4 is 15.9 Å². The molecule has 3 N–H and O–H groups in total. The average Bonchev–Trinajstić information content (AvgIpc) is 3.48. The van der Waals surface area contributed by atoms with Gasteiger partial charge < -0.3 is 10.5 Å². The smallest absolute Gasteiger partial charge is 0.294 e. The van der Waals surface area contributed by atoms with Crippen molar-refractivity contribution in [1.82, 2.24) is 30.7 Å². The molecule has 3 aromatic heterocycles. The summed E-state index contributed by atoms with van der Waals surface area (Å²) >= 11 is 1.52. The number of ether oxygens (including phenoxy) is 1. The zero-order valence-electron chi connectivity index (χ0n) is 16.6. The number of aryl methyl sites for hydroxylation is 1. The van der Waals surface area contributed by atoms with Gasteiger partial charge in [0.1, 0.15) is 11.4 Å². The van der Waals surface area contributed by atoms with Gasteiger partial charge in [0, 0.05) is 10.4 Å². The van der Waals surface area contributed by atoms with Crippen LogP contribution in [0.3, 0.4) is 0 Å². The van der Waals surface area contributed by atoms with Crippen LogP contribution in [0.2, 0.25) is 0 Å². The number of aromatic nitrogens is 5. The summed E-state index contributed by atoms with van der Waals surface area (Å²) in [5, 5.41) is 21.4. The first-order chi connectivity index (χ1) is 15.1. The van der Waals surface area contributed by atoms with Crippen molar-refractivity contribution in [1.29, 1.82) is 0 Å². The van der Waals surface area contributed by atoms with Gasteiger partial charge in [-0.25, -0.2) is 10.1 Å². The van der Waals surface area contributed by atoms with E-state index in [-0.39, 0.29) is 17.3 Å². The van der Waals surface area contributed by atoms with Crippen molar-refractivity contribution < 1.29 is 14.2 Å². The summed E-state index contributed by atoms with van der Waals surface area (Å²) in [5.74, 6) is 0.187. The second-order valence-corrected chi connectivity index (χ2v) is 7.25. The van der Waals surface area contributed by atoms with Crippen LogP contribution in [-0.4, -0.2) is 44.0 Å². The summed E-state index contributed by atoms with van der Waals surface area (Å²) in [6.45, 7) is 4.34. The van der Waals surface area contributed by atoms with Crippen LogP contribution in [-0.2, 0) is 0 Å². The molecule has 0 bridgehead atoms. The standard InChI is InChI=1S/C19H18N8O3S/c1-3-29-13-6-4-5-12(9-13)16-15(22-26-27(16)18-17(20)24-30-25-18)19(28)23-21-10-14-11(2)7-8-31-14/h4-10H,3H2,1-2H3,(H2,20,24)(H,23,28)/b21-10-. The van der Waals surface area contributed by atoms with Crippen molar-refractivity contribution in [2.75, 3.05) is 12.3 Å². The highest BCUT2D eigenvalue weighted by Gasteiger charge is 2.25. The van der Waals surface area contributed by atoms with Gasteiger partial charge in [0.05, 0.1) is 12.8 Å². The molecule has 11 nitrogen and oxygen atoms in total. The number of anilines is 1. The van der Waals surface area contributed by atoms with Crippen LogP contribution >= 0.6 is 11.3 Å². The molecular weight excluding hydrogens is 420 g/mol. The minimum absolute atomic E-state index is 0.00487. The number of nitrogens with zero attached hydrogens (tertiary/aromatic N) is 6. The van der Waals surface area contributed by atoms with E-state index in [9.17, 15) is 4.79 Å². The van der Waals surface area contributed by atoms with E-state index in [2.05, 4.69) is 35.8 Å². The van der Waals surface area contributed by atoms with Crippen molar-refractivity contribution in [3.05, 3.63) is 51.8 Å². The molecule has 0 radical (unpaired) electrons. The van der Waals surface area contributed by atoms with E-state index < -0.39 is 5.91 Å². The Morgan fingerprint density at radius 1 is 1.39 bits per heavy atom. The van der Waals surface area contributed by atoms with Gasteiger partial charge in [-0.1, -0.05) is 17.3 Å². The molecule has 158 valence electrons. The summed E-state index contributed by atoms with van der Waals surface area (Å²) in [5.41, 5.74) is 10.4. The first kappa shape index (κ1) is 20.2. The van der Waals surface area contributed by atoms with E-state index in [4.69, 9.17) is 10.5 Å². The normalized spacial score (nSPS) is 11.2. The Kier molecular flexibility index (Phi) is 5.71. The molecule has 12 heteroatoms. The topological polar surface area (TPSA) is 146 Å². The van der Waals surface area contributed by atoms with Crippen LogP contribution in [0, 0.1) is 6.92 Å². The van der Waals surface area contributed by atoms with Gasteiger partial charge >= 0.3 is 0 Å². The summed E-state index contributed by atoms with van der Waals surface area (Å²) in [7, 11) is 0. The predicted molar refractivity (Wildman–Crippen MR) is 114 cm³/mol. The highest BCUT2D eigenvalue weighted by molar-refractivity contribution is 7.11. The van der Waals surface area contributed by atoms with Crippen LogP contribution in [0.1, 0.15) is 27.9 Å². The maximum absolute atomic E-state index is 12.9. The van der Waals surface area contributed by atoms with E-state index >= 15 is 0 Å². The molecule has 0 aliphatic heterocycles. The fourth-order valence-electron chi connectivity index (χ4n) is 2.80. The second kappa shape index (κ2) is 8.75. The molecular formula is C19H18N8O3S. The van der Waals surface area contributed by atoms with Crippen LogP contribution in [0.15, 0.2) is 45.4 Å². The van der Waals surface area contributed by atoms with Gasteiger partial charge in [-0.05, 0) is 53.3 Å². The molecule has 0 saturated carbocycles. The van der Waals surface area contributed by atoms with Crippen LogP contribution in [0.5, 0.6) is 5.75 Å². The molecule has 0 unspecified atom stereocenters. The fourth-order valence-corrected chi connectivity index (χ4v) is 3.59. The molecule has 0 aliphatic carbocycles. The van der Waals surface area contributed by atoms with Crippen LogP contribution in [0.25, 0.3) is 17.1 Å². The molecule has 4 aromatic rings. The number of nitrogens with one attached hydrogen (secondary N) is 1. The lowest BCUT2D eigenvalue weighted by molar-refractivity contribution is 0.0950. The Bertz CT molecular complexity index is 1240. The Hall–Kier alpha value is -4.06. The lowest BCUT2D eigenvalue weighted by Crippen LogP contribution is -2.19. The van der Waals surface area contributed by atoms with Gasteiger partial charge in [0.2, 0.25) is 11.6 Å². The maximum atomic E-state index is 12.9. The van der Waals surface area contributed by atoms with Crippen molar-refractivity contribution in [3.8, 4) is 22.8 Å². The number of nitrogens with two attached hydrogens (primary N) is 1. The van der Waals surface area contributed by atoms with Gasteiger partial charge in [-0.2, -0.15) is 9.78 Å². The molecule has 1 aromatic carbocycles. The third kappa shape index (κ3) is 4.14. The molecule has 0 saturated heterocycles. The molecule has 4 rings (SSSR count). The summed E-state index contributed by atoms with van der Waals surface area (Å²) < 4.78 is 11.5. The lowest BCUT2D eigenvalue weighted by atomic mass is 10.1. The van der Waals surface area contributed by atoms with E-state index in [1.54, 1.807) is 30.5 Å². The zero-order valence-corrected chi connectivity index (χ0v) is 17.5. The molecule has 0 atom stereocenters. The zero-order chi connectivity index (χ0) is 21.8. The molecule has 31 heavy (non-hydrogen) atoms. The number of amides is 1. The van der Waals surface area contributed by atoms with Gasteiger partial charge in [-0.3, -0.25) is 4.79 Å². The Morgan fingerprint density at radius 3 is 2.97 bits per heavy atom. The van der Waals surface area contributed by atoms with E-state index in [1.807, 2.05) is 25.3 Å². The number of hydrogen-bond donors (Lipinski definition) is 2. The average molecular weight is 438 g/mol. The van der Waals surface area contributed by atoms with Crippen molar-refractivity contribution in [2.24, 2.45) is 5.10 Å². The number of carbonyl (C=O) groups is 1. The number of hydrazone groups is 1. The molecule has 0 fully saturated rings. The summed E-state index contributed by atoms with van der Waals surface area (Å²) in [6.07, 6.45) is 1.58. The number of benzene rings is 1. The summed E-state index contributed by atoms with van der Waals surface area (Å²) in [4.78, 5) is 13.8. The highest BCUT2D eigenvalue weighted by atomic mass is 32.1. The Morgan fingerprint density at radius 2 is 2.26 bits per heavy atom. The number of thiophene rings is 1. The SMILES string of the molecule is CCOc1cccc(-c2c(C(=O)N/N=C\c3sccc3C)nnn2-c2nonc2N)c1. The van der Waals surface area contributed by atoms with Crippen molar-refractivity contribution >= 4 is 29.3 Å². The number of rotatable bonds is 7. The number of hydrogen-bond acceptors (Lipinski definition) is 10. The van der Waals surface area contributed by atoms with Gasteiger partial charge in [0.15, 0.2) is 5.69 Å². The van der Waals surface area contributed by atoms with E-state index in [1.165, 1.54) is 16.0 Å². The Balaban J connectivity index is 1.72. The predicted octanol–water partition coefficient (Wildman–Crippen LogP) is 2.43. The number of carbonyl (C=O) groups excluding carboxylic acids is 1. The summed E-state index contributed by atoms with van der Waals surface area (Å²) in [6, 6.07) is 9.12. The molecule has 0 spiro atoms. The third-order valence-electron chi connectivity index (χ3n) is 4.25. The quantitative estimate of drug-likeness (QED) is 0.330. The van der Waals surface area contributed by atoms with E-state index in [0.29, 0.717) is 23.6 Å². The molecule has 1 amide bonds. The third-order valence-corrected chi connectivity index (χ3v) is 5.20. The molecule has 3 heterocycles. The Labute approximate surface area is 180 Å². The largest absolute Gasteiger partial charge is 0.494 e. The van der Waals surface area contributed by atoms with Gasteiger partial charge in [-0.15, -0.1) is 16.4 Å². The first-order valence-corrected chi connectivity index (χ1v) is 10.1. The fraction of sp³-hybridized carbons (Fsp3) is 0.158.